The molecular weight excluding hydrogens is 192 g/mol. The van der Waals surface area contributed by atoms with E-state index in [-0.39, 0.29) is 6.04 Å². The van der Waals surface area contributed by atoms with Crippen LogP contribution in [0.2, 0.25) is 0 Å². The molecule has 1 atom stereocenters. The Bertz CT molecular complexity index is 301. The van der Waals surface area contributed by atoms with E-state index in [1.807, 2.05) is 30.3 Å². The molecule has 1 aromatic rings. The third kappa shape index (κ3) is 5.02. The summed E-state index contributed by atoms with van der Waals surface area (Å²) in [5.74, 6) is 0. The molecule has 0 aromatic heterocycles. The average molecular weight is 208 g/mol. The van der Waals surface area contributed by atoms with Gasteiger partial charge in [0, 0.05) is 12.6 Å². The van der Waals surface area contributed by atoms with E-state index in [2.05, 4.69) is 5.32 Å². The maximum Gasteiger partial charge on any atom is 0.404 e. The number of nitrogens with two attached hydrogens (primary N) is 1. The molecule has 0 aliphatic carbocycles. The summed E-state index contributed by atoms with van der Waals surface area (Å²) in [6.45, 7) is 0.308. The van der Waals surface area contributed by atoms with Crippen molar-refractivity contribution in [2.75, 3.05) is 6.54 Å². The van der Waals surface area contributed by atoms with Gasteiger partial charge in [-0.2, -0.15) is 0 Å². The van der Waals surface area contributed by atoms with Crippen LogP contribution in [0.25, 0.3) is 0 Å². The number of benzene rings is 1. The molecule has 0 radical (unpaired) electrons. The van der Waals surface area contributed by atoms with Crippen LogP contribution in [0.1, 0.15) is 12.0 Å². The van der Waals surface area contributed by atoms with E-state index in [1.165, 1.54) is 5.56 Å². The summed E-state index contributed by atoms with van der Waals surface area (Å²) >= 11 is 0. The lowest BCUT2D eigenvalue weighted by molar-refractivity contribution is 0.193. The number of carboxylic acid groups (broad SMARTS) is 1. The van der Waals surface area contributed by atoms with Gasteiger partial charge in [0.15, 0.2) is 0 Å². The molecule has 0 saturated carbocycles. The first kappa shape index (κ1) is 11.5. The number of aryl methyl sites for hydroxylation is 1. The van der Waals surface area contributed by atoms with Gasteiger partial charge >= 0.3 is 6.09 Å². The van der Waals surface area contributed by atoms with Crippen molar-refractivity contribution in [1.82, 2.24) is 5.32 Å². The molecule has 0 fully saturated rings. The summed E-state index contributed by atoms with van der Waals surface area (Å²) in [6.07, 6.45) is 0.637. The largest absolute Gasteiger partial charge is 0.465 e. The van der Waals surface area contributed by atoms with Crippen molar-refractivity contribution >= 4 is 6.09 Å². The number of hydrogen-bond donors (Lipinski definition) is 3. The standard InChI is InChI=1S/C11H16N2O2/c12-10(8-13-11(14)15)7-6-9-4-2-1-3-5-9/h1-5,10,13H,6-8,12H2,(H,14,15)/t10-/m1/s1. The fraction of sp³-hybridized carbons (Fsp3) is 0.364. The first-order chi connectivity index (χ1) is 7.18. The number of nitrogens with one attached hydrogen (secondary N) is 1. The van der Waals surface area contributed by atoms with E-state index in [0.29, 0.717) is 6.54 Å². The van der Waals surface area contributed by atoms with Crippen LogP contribution in [0.5, 0.6) is 0 Å². The van der Waals surface area contributed by atoms with Gasteiger partial charge in [-0.25, -0.2) is 4.79 Å². The van der Waals surface area contributed by atoms with Crippen molar-refractivity contribution in [1.29, 1.82) is 0 Å². The van der Waals surface area contributed by atoms with Gasteiger partial charge in [0.25, 0.3) is 0 Å². The van der Waals surface area contributed by atoms with E-state index in [4.69, 9.17) is 10.8 Å². The fourth-order valence-electron chi connectivity index (χ4n) is 1.32. The van der Waals surface area contributed by atoms with Crippen molar-refractivity contribution in [2.45, 2.75) is 18.9 Å². The zero-order valence-corrected chi connectivity index (χ0v) is 8.52. The van der Waals surface area contributed by atoms with Crippen molar-refractivity contribution in [3.8, 4) is 0 Å². The Kier molecular flexibility index (Phi) is 4.63. The highest BCUT2D eigenvalue weighted by atomic mass is 16.4. The highest BCUT2D eigenvalue weighted by Gasteiger charge is 2.04. The van der Waals surface area contributed by atoms with Gasteiger partial charge in [0.1, 0.15) is 0 Å². The molecule has 0 saturated heterocycles. The van der Waals surface area contributed by atoms with Crippen LogP contribution < -0.4 is 11.1 Å². The molecule has 0 bridgehead atoms. The molecule has 0 heterocycles. The van der Waals surface area contributed by atoms with Crippen molar-refractivity contribution in [3.63, 3.8) is 0 Å². The van der Waals surface area contributed by atoms with Gasteiger partial charge in [0.05, 0.1) is 0 Å². The lowest BCUT2D eigenvalue weighted by atomic mass is 10.1. The van der Waals surface area contributed by atoms with Crippen LogP contribution in [0.4, 0.5) is 4.79 Å². The Morgan fingerprint density at radius 2 is 2.07 bits per heavy atom. The molecule has 15 heavy (non-hydrogen) atoms. The first-order valence-electron chi connectivity index (χ1n) is 4.95. The van der Waals surface area contributed by atoms with E-state index in [1.54, 1.807) is 0 Å². The first-order valence-corrected chi connectivity index (χ1v) is 4.95. The van der Waals surface area contributed by atoms with Gasteiger partial charge < -0.3 is 16.2 Å². The van der Waals surface area contributed by atoms with Gasteiger partial charge in [-0.1, -0.05) is 30.3 Å². The lowest BCUT2D eigenvalue weighted by Gasteiger charge is -2.10. The number of amides is 1. The van der Waals surface area contributed by atoms with Crippen LogP contribution in [-0.2, 0) is 6.42 Å². The molecular formula is C11H16N2O2. The molecule has 1 amide bonds. The third-order valence-electron chi connectivity index (χ3n) is 2.16. The molecule has 1 rings (SSSR count). The van der Waals surface area contributed by atoms with E-state index in [0.717, 1.165) is 12.8 Å². The van der Waals surface area contributed by atoms with Crippen LogP contribution in [-0.4, -0.2) is 23.8 Å². The molecule has 82 valence electrons. The fourth-order valence-corrected chi connectivity index (χ4v) is 1.32. The highest BCUT2D eigenvalue weighted by molar-refractivity contribution is 5.64. The molecule has 4 nitrogen and oxygen atoms in total. The molecule has 0 aliphatic heterocycles. The molecule has 0 aliphatic rings. The van der Waals surface area contributed by atoms with Crippen molar-refractivity contribution in [3.05, 3.63) is 35.9 Å². The number of carbonyl (C=O) groups is 1. The summed E-state index contributed by atoms with van der Waals surface area (Å²) < 4.78 is 0. The molecule has 4 heteroatoms. The highest BCUT2D eigenvalue weighted by Crippen LogP contribution is 2.03. The smallest absolute Gasteiger partial charge is 0.404 e. The topological polar surface area (TPSA) is 75.3 Å². The molecule has 1 aromatic carbocycles. The van der Waals surface area contributed by atoms with Crippen LogP contribution in [0.3, 0.4) is 0 Å². The van der Waals surface area contributed by atoms with Crippen LogP contribution in [0.15, 0.2) is 30.3 Å². The average Bonchev–Trinajstić information content (AvgIpc) is 2.25. The second-order valence-corrected chi connectivity index (χ2v) is 3.47. The van der Waals surface area contributed by atoms with E-state index in [9.17, 15) is 4.79 Å². The lowest BCUT2D eigenvalue weighted by Crippen LogP contribution is -2.36. The summed E-state index contributed by atoms with van der Waals surface area (Å²) in [4.78, 5) is 10.2. The van der Waals surface area contributed by atoms with Gasteiger partial charge in [-0.15, -0.1) is 0 Å². The minimum Gasteiger partial charge on any atom is -0.465 e. The zero-order valence-electron chi connectivity index (χ0n) is 8.52. The third-order valence-corrected chi connectivity index (χ3v) is 2.16. The second-order valence-electron chi connectivity index (χ2n) is 3.47. The normalized spacial score (nSPS) is 12.1. The number of rotatable bonds is 5. The van der Waals surface area contributed by atoms with Gasteiger partial charge in [0.2, 0.25) is 0 Å². The Labute approximate surface area is 89.1 Å². The van der Waals surface area contributed by atoms with Crippen molar-refractivity contribution in [2.24, 2.45) is 5.73 Å². The Morgan fingerprint density at radius 1 is 1.40 bits per heavy atom. The second kappa shape index (κ2) is 6.03. The Morgan fingerprint density at radius 3 is 2.67 bits per heavy atom. The zero-order chi connectivity index (χ0) is 11.1. The van der Waals surface area contributed by atoms with Gasteiger partial charge in [-0.3, -0.25) is 0 Å². The van der Waals surface area contributed by atoms with Crippen molar-refractivity contribution < 1.29 is 9.90 Å². The minimum absolute atomic E-state index is 0.124. The number of hydrogen-bond acceptors (Lipinski definition) is 2. The monoisotopic (exact) mass is 208 g/mol. The van der Waals surface area contributed by atoms with E-state index < -0.39 is 6.09 Å². The summed E-state index contributed by atoms with van der Waals surface area (Å²) in [6, 6.07) is 9.89. The Balaban J connectivity index is 2.22. The Hall–Kier alpha value is -1.55. The predicted molar refractivity (Wildman–Crippen MR) is 58.8 cm³/mol. The maximum absolute atomic E-state index is 10.2. The van der Waals surface area contributed by atoms with Crippen LogP contribution >= 0.6 is 0 Å². The predicted octanol–water partition coefficient (Wildman–Crippen LogP) is 1.21. The summed E-state index contributed by atoms with van der Waals surface area (Å²) in [5, 5.41) is 10.7. The quantitative estimate of drug-likeness (QED) is 0.681. The summed E-state index contributed by atoms with van der Waals surface area (Å²) in [7, 11) is 0. The van der Waals surface area contributed by atoms with Gasteiger partial charge in [-0.05, 0) is 18.4 Å². The minimum atomic E-state index is -1.02. The maximum atomic E-state index is 10.2. The van der Waals surface area contributed by atoms with E-state index >= 15 is 0 Å². The SMILES string of the molecule is N[C@H](CCc1ccccc1)CNC(=O)O. The molecule has 0 spiro atoms. The molecule has 0 unspecified atom stereocenters. The molecule has 4 N–H and O–H groups in total. The summed E-state index contributed by atoms with van der Waals surface area (Å²) in [5.41, 5.74) is 6.97. The van der Waals surface area contributed by atoms with Crippen LogP contribution in [0, 0.1) is 0 Å².